The first-order valence-electron chi connectivity index (χ1n) is 4.74. The maximum atomic E-state index is 11.7. The van der Waals surface area contributed by atoms with Crippen LogP contribution < -0.4 is 0 Å². The van der Waals surface area contributed by atoms with Gasteiger partial charge in [-0.05, 0) is 43.0 Å². The molecule has 0 bridgehead atoms. The van der Waals surface area contributed by atoms with Gasteiger partial charge in [-0.15, -0.1) is 0 Å². The molecule has 0 aliphatic heterocycles. The molecule has 0 radical (unpaired) electrons. The van der Waals surface area contributed by atoms with E-state index in [1.54, 1.807) is 0 Å². The molecule has 13 heavy (non-hydrogen) atoms. The molecule has 0 spiro atoms. The molecule has 0 saturated heterocycles. The molecule has 1 aromatic carbocycles. The van der Waals surface area contributed by atoms with E-state index < -0.39 is 0 Å². The Labute approximate surface area is 78.8 Å². The first kappa shape index (κ1) is 8.49. The van der Waals surface area contributed by atoms with E-state index in [9.17, 15) is 4.79 Å². The SMILES string of the molecule is Cc1cc2c(cc1C)C(=O)[C@@H](C)C2. The summed E-state index contributed by atoms with van der Waals surface area (Å²) in [5.41, 5.74) is 4.71. The second kappa shape index (κ2) is 2.69. The standard InChI is InChI=1S/C12H14O/c1-7-4-10-5-9(3)12(13)11(10)6-8(7)2/h4,6,9H,5H2,1-3H3/t9-/m0/s1. The minimum atomic E-state index is 0.191. The molecule has 0 unspecified atom stereocenters. The van der Waals surface area contributed by atoms with Crippen molar-refractivity contribution in [1.82, 2.24) is 0 Å². The van der Waals surface area contributed by atoms with Gasteiger partial charge < -0.3 is 0 Å². The molecule has 1 aromatic rings. The van der Waals surface area contributed by atoms with E-state index in [1.807, 2.05) is 13.0 Å². The van der Waals surface area contributed by atoms with Crippen molar-refractivity contribution in [1.29, 1.82) is 0 Å². The van der Waals surface area contributed by atoms with Gasteiger partial charge in [0, 0.05) is 11.5 Å². The van der Waals surface area contributed by atoms with Crippen molar-refractivity contribution < 1.29 is 4.79 Å². The molecule has 68 valence electrons. The van der Waals surface area contributed by atoms with Gasteiger partial charge in [0.05, 0.1) is 0 Å². The van der Waals surface area contributed by atoms with Crippen LogP contribution in [0.5, 0.6) is 0 Å². The highest BCUT2D eigenvalue weighted by molar-refractivity contribution is 6.02. The highest BCUT2D eigenvalue weighted by Crippen LogP contribution is 2.28. The fraction of sp³-hybridized carbons (Fsp3) is 0.417. The number of Topliss-reactive ketones (excluding diaryl/α,β-unsaturated/α-hetero) is 1. The van der Waals surface area contributed by atoms with Crippen molar-refractivity contribution in [3.8, 4) is 0 Å². The van der Waals surface area contributed by atoms with Crippen molar-refractivity contribution in [3.05, 3.63) is 34.4 Å². The van der Waals surface area contributed by atoms with Crippen LogP contribution in [0.2, 0.25) is 0 Å². The van der Waals surface area contributed by atoms with Crippen LogP contribution in [-0.4, -0.2) is 5.78 Å². The van der Waals surface area contributed by atoms with Crippen molar-refractivity contribution >= 4 is 5.78 Å². The highest BCUT2D eigenvalue weighted by Gasteiger charge is 2.26. The first-order valence-corrected chi connectivity index (χ1v) is 4.74. The summed E-state index contributed by atoms with van der Waals surface area (Å²) in [7, 11) is 0. The van der Waals surface area contributed by atoms with E-state index in [4.69, 9.17) is 0 Å². The van der Waals surface area contributed by atoms with E-state index >= 15 is 0 Å². The maximum Gasteiger partial charge on any atom is 0.166 e. The third kappa shape index (κ3) is 1.19. The Balaban J connectivity index is 2.59. The van der Waals surface area contributed by atoms with E-state index in [2.05, 4.69) is 19.9 Å². The monoisotopic (exact) mass is 174 g/mol. The predicted molar refractivity (Wildman–Crippen MR) is 53.1 cm³/mol. The number of carbonyl (C=O) groups excluding carboxylic acids is 1. The summed E-state index contributed by atoms with van der Waals surface area (Å²) in [4.78, 5) is 11.7. The molecule has 1 heteroatoms. The lowest BCUT2D eigenvalue weighted by Crippen LogP contribution is -2.03. The third-order valence-corrected chi connectivity index (χ3v) is 2.96. The fourth-order valence-corrected chi connectivity index (χ4v) is 1.96. The highest BCUT2D eigenvalue weighted by atomic mass is 16.1. The van der Waals surface area contributed by atoms with Crippen LogP contribution in [0.25, 0.3) is 0 Å². The van der Waals surface area contributed by atoms with Gasteiger partial charge in [-0.1, -0.05) is 13.0 Å². The van der Waals surface area contributed by atoms with Gasteiger partial charge in [-0.25, -0.2) is 0 Å². The van der Waals surface area contributed by atoms with Crippen molar-refractivity contribution in [3.63, 3.8) is 0 Å². The number of hydrogen-bond acceptors (Lipinski definition) is 1. The molecule has 1 aliphatic carbocycles. The molecule has 1 nitrogen and oxygen atoms in total. The summed E-state index contributed by atoms with van der Waals surface area (Å²) in [6, 6.07) is 4.20. The van der Waals surface area contributed by atoms with Crippen LogP contribution in [-0.2, 0) is 6.42 Å². The zero-order chi connectivity index (χ0) is 9.59. The second-order valence-electron chi connectivity index (χ2n) is 4.06. The normalized spacial score (nSPS) is 20.5. The minimum Gasteiger partial charge on any atom is -0.294 e. The molecule has 0 fully saturated rings. The number of aryl methyl sites for hydroxylation is 2. The Morgan fingerprint density at radius 2 is 1.85 bits per heavy atom. The number of fused-ring (bicyclic) bond motifs is 1. The first-order chi connectivity index (χ1) is 6.09. The summed E-state index contributed by atoms with van der Waals surface area (Å²) in [6.07, 6.45) is 0.926. The number of carbonyl (C=O) groups is 1. The summed E-state index contributed by atoms with van der Waals surface area (Å²) in [6.45, 7) is 6.17. The predicted octanol–water partition coefficient (Wildman–Crippen LogP) is 2.68. The van der Waals surface area contributed by atoms with E-state index in [-0.39, 0.29) is 5.92 Å². The van der Waals surface area contributed by atoms with Gasteiger partial charge in [-0.3, -0.25) is 4.79 Å². The van der Waals surface area contributed by atoms with Crippen molar-refractivity contribution in [2.75, 3.05) is 0 Å². The van der Waals surface area contributed by atoms with Crippen molar-refractivity contribution in [2.45, 2.75) is 27.2 Å². The lowest BCUT2D eigenvalue weighted by molar-refractivity contribution is 0.0946. The Morgan fingerprint density at radius 3 is 2.54 bits per heavy atom. The van der Waals surface area contributed by atoms with Crippen LogP contribution in [0.4, 0.5) is 0 Å². The Kier molecular flexibility index (Phi) is 1.76. The average Bonchev–Trinajstić information content (AvgIpc) is 2.32. The van der Waals surface area contributed by atoms with Crippen LogP contribution in [0.1, 0.15) is 34.0 Å². The lowest BCUT2D eigenvalue weighted by atomic mass is 10.0. The molecule has 0 heterocycles. The zero-order valence-corrected chi connectivity index (χ0v) is 8.35. The minimum absolute atomic E-state index is 0.191. The van der Waals surface area contributed by atoms with Crippen molar-refractivity contribution in [2.24, 2.45) is 5.92 Å². The molecule has 0 aromatic heterocycles. The molecule has 0 N–H and O–H groups in total. The van der Waals surface area contributed by atoms with Gasteiger partial charge >= 0.3 is 0 Å². The topological polar surface area (TPSA) is 17.1 Å². The lowest BCUT2D eigenvalue weighted by Gasteiger charge is -2.03. The number of ketones is 1. The largest absolute Gasteiger partial charge is 0.294 e. The quantitative estimate of drug-likeness (QED) is 0.591. The molecule has 0 saturated carbocycles. The summed E-state index contributed by atoms with van der Waals surface area (Å²) in [5.74, 6) is 0.509. The summed E-state index contributed by atoms with van der Waals surface area (Å²) < 4.78 is 0. The van der Waals surface area contributed by atoms with Crippen LogP contribution >= 0.6 is 0 Å². The van der Waals surface area contributed by atoms with Gasteiger partial charge in [-0.2, -0.15) is 0 Å². The second-order valence-corrected chi connectivity index (χ2v) is 4.06. The van der Waals surface area contributed by atoms with Gasteiger partial charge in [0.25, 0.3) is 0 Å². The molecule has 2 rings (SSSR count). The maximum absolute atomic E-state index is 11.7. The summed E-state index contributed by atoms with van der Waals surface area (Å²) >= 11 is 0. The van der Waals surface area contributed by atoms with Gasteiger partial charge in [0.15, 0.2) is 5.78 Å². The van der Waals surface area contributed by atoms with Crippen LogP contribution in [0.15, 0.2) is 12.1 Å². The average molecular weight is 174 g/mol. The molecular weight excluding hydrogens is 160 g/mol. The van der Waals surface area contributed by atoms with Crippen LogP contribution in [0, 0.1) is 19.8 Å². The Hall–Kier alpha value is -1.11. The fourth-order valence-electron chi connectivity index (χ4n) is 1.96. The molecule has 1 atom stereocenters. The molecular formula is C12H14O. The Bertz CT molecular complexity index is 377. The van der Waals surface area contributed by atoms with Gasteiger partial charge in [0.1, 0.15) is 0 Å². The summed E-state index contributed by atoms with van der Waals surface area (Å²) in [5, 5.41) is 0. The van der Waals surface area contributed by atoms with Crippen LogP contribution in [0.3, 0.4) is 0 Å². The van der Waals surface area contributed by atoms with Gasteiger partial charge in [0.2, 0.25) is 0 Å². The number of rotatable bonds is 0. The zero-order valence-electron chi connectivity index (χ0n) is 8.35. The Morgan fingerprint density at radius 1 is 1.23 bits per heavy atom. The number of hydrogen-bond donors (Lipinski definition) is 0. The molecule has 1 aliphatic rings. The van der Waals surface area contributed by atoms with E-state index in [1.165, 1.54) is 16.7 Å². The smallest absolute Gasteiger partial charge is 0.166 e. The molecule has 0 amide bonds. The third-order valence-electron chi connectivity index (χ3n) is 2.96. The van der Waals surface area contributed by atoms with E-state index in [0.29, 0.717) is 5.78 Å². The van der Waals surface area contributed by atoms with E-state index in [0.717, 1.165) is 12.0 Å². The number of benzene rings is 1.